The van der Waals surface area contributed by atoms with Crippen molar-refractivity contribution < 1.29 is 15.0 Å². The van der Waals surface area contributed by atoms with Crippen molar-refractivity contribution >= 4 is 6.03 Å². The van der Waals surface area contributed by atoms with E-state index in [0.29, 0.717) is 25.9 Å². The molecule has 0 aromatic heterocycles. The molecule has 1 atom stereocenters. The highest BCUT2D eigenvalue weighted by Crippen LogP contribution is 2.21. The van der Waals surface area contributed by atoms with Gasteiger partial charge < -0.3 is 20.8 Å². The van der Waals surface area contributed by atoms with Crippen molar-refractivity contribution in [2.24, 2.45) is 10.8 Å². The largest absolute Gasteiger partial charge is 0.396 e. The van der Waals surface area contributed by atoms with Crippen LogP contribution >= 0.6 is 0 Å². The van der Waals surface area contributed by atoms with E-state index in [0.717, 1.165) is 0 Å². The summed E-state index contributed by atoms with van der Waals surface area (Å²) in [5.74, 6) is 0. The standard InChI is InChI=1S/C14H30N2O3/c1-11(18)8-14(4,5)10-16-12(19)15-9-13(2,3)6-7-17/h11,17-18H,6-10H2,1-5H3,(H2,15,16,19). The Kier molecular flexibility index (Phi) is 7.37. The van der Waals surface area contributed by atoms with E-state index in [9.17, 15) is 9.90 Å². The second kappa shape index (κ2) is 7.70. The highest BCUT2D eigenvalue weighted by molar-refractivity contribution is 5.73. The first kappa shape index (κ1) is 18.2. The number of hydrogen-bond donors (Lipinski definition) is 4. The van der Waals surface area contributed by atoms with Crippen LogP contribution in [0.15, 0.2) is 0 Å². The van der Waals surface area contributed by atoms with Gasteiger partial charge in [0.25, 0.3) is 0 Å². The zero-order valence-corrected chi connectivity index (χ0v) is 12.9. The average Bonchev–Trinajstić information content (AvgIpc) is 2.22. The van der Waals surface area contributed by atoms with E-state index in [1.807, 2.05) is 27.7 Å². The number of amides is 2. The molecule has 0 radical (unpaired) electrons. The minimum atomic E-state index is -0.372. The fourth-order valence-corrected chi connectivity index (χ4v) is 1.96. The van der Waals surface area contributed by atoms with Gasteiger partial charge in [0.1, 0.15) is 0 Å². The summed E-state index contributed by atoms with van der Waals surface area (Å²) < 4.78 is 0. The number of carbonyl (C=O) groups is 1. The Morgan fingerprint density at radius 2 is 1.58 bits per heavy atom. The molecule has 19 heavy (non-hydrogen) atoms. The minimum absolute atomic E-state index is 0.110. The lowest BCUT2D eigenvalue weighted by Crippen LogP contribution is -2.44. The molecule has 2 amide bonds. The lowest BCUT2D eigenvalue weighted by molar-refractivity contribution is 0.128. The third-order valence-corrected chi connectivity index (χ3v) is 3.09. The molecular formula is C14H30N2O3. The van der Waals surface area contributed by atoms with Gasteiger partial charge in [0, 0.05) is 19.7 Å². The smallest absolute Gasteiger partial charge is 0.314 e. The van der Waals surface area contributed by atoms with E-state index < -0.39 is 0 Å². The maximum Gasteiger partial charge on any atom is 0.314 e. The van der Waals surface area contributed by atoms with Crippen LogP contribution in [0.1, 0.15) is 47.5 Å². The molecule has 0 saturated carbocycles. The fraction of sp³-hybridized carbons (Fsp3) is 0.929. The minimum Gasteiger partial charge on any atom is -0.396 e. The summed E-state index contributed by atoms with van der Waals surface area (Å²) in [6.07, 6.45) is 0.924. The predicted octanol–water partition coefficient (Wildman–Crippen LogP) is 1.49. The van der Waals surface area contributed by atoms with Crippen molar-refractivity contribution in [2.75, 3.05) is 19.7 Å². The molecule has 0 aliphatic rings. The molecule has 1 unspecified atom stereocenters. The van der Waals surface area contributed by atoms with E-state index in [1.165, 1.54) is 0 Å². The van der Waals surface area contributed by atoms with Crippen LogP contribution in [0.3, 0.4) is 0 Å². The van der Waals surface area contributed by atoms with Gasteiger partial charge in [-0.3, -0.25) is 0 Å². The Labute approximate surface area is 116 Å². The molecular weight excluding hydrogens is 244 g/mol. The molecule has 0 saturated heterocycles. The summed E-state index contributed by atoms with van der Waals surface area (Å²) in [5.41, 5.74) is -0.243. The van der Waals surface area contributed by atoms with Crippen LogP contribution in [0.25, 0.3) is 0 Å². The molecule has 0 aromatic rings. The van der Waals surface area contributed by atoms with Crippen LogP contribution in [0, 0.1) is 10.8 Å². The third kappa shape index (κ3) is 9.73. The maximum atomic E-state index is 11.7. The highest BCUT2D eigenvalue weighted by atomic mass is 16.3. The zero-order chi connectivity index (χ0) is 15.1. The third-order valence-electron chi connectivity index (χ3n) is 3.09. The Hall–Kier alpha value is -0.810. The van der Waals surface area contributed by atoms with Gasteiger partial charge in [-0.25, -0.2) is 4.79 Å². The van der Waals surface area contributed by atoms with Crippen LogP contribution in [0.4, 0.5) is 4.79 Å². The van der Waals surface area contributed by atoms with Gasteiger partial charge in [-0.15, -0.1) is 0 Å². The SMILES string of the molecule is CC(O)CC(C)(C)CNC(=O)NCC(C)(C)CCO. The summed E-state index contributed by atoms with van der Waals surface area (Å²) >= 11 is 0. The molecule has 0 aliphatic heterocycles. The van der Waals surface area contributed by atoms with Crippen molar-refractivity contribution in [2.45, 2.75) is 53.6 Å². The van der Waals surface area contributed by atoms with Crippen LogP contribution in [0.5, 0.6) is 0 Å². The number of rotatable bonds is 8. The maximum absolute atomic E-state index is 11.7. The van der Waals surface area contributed by atoms with Gasteiger partial charge in [0.2, 0.25) is 0 Å². The molecule has 5 nitrogen and oxygen atoms in total. The van der Waals surface area contributed by atoms with E-state index in [2.05, 4.69) is 10.6 Å². The molecule has 0 rings (SSSR count). The molecule has 0 bridgehead atoms. The monoisotopic (exact) mass is 274 g/mol. The van der Waals surface area contributed by atoms with E-state index in [1.54, 1.807) is 6.92 Å². The quantitative estimate of drug-likeness (QED) is 0.541. The topological polar surface area (TPSA) is 81.6 Å². The van der Waals surface area contributed by atoms with Crippen molar-refractivity contribution in [1.29, 1.82) is 0 Å². The van der Waals surface area contributed by atoms with E-state index in [4.69, 9.17) is 5.11 Å². The second-order valence-corrected chi connectivity index (χ2v) is 6.89. The van der Waals surface area contributed by atoms with Gasteiger partial charge in [0.15, 0.2) is 0 Å². The fourth-order valence-electron chi connectivity index (χ4n) is 1.96. The molecule has 0 aliphatic carbocycles. The summed E-state index contributed by atoms with van der Waals surface area (Å²) in [6, 6.07) is -0.204. The van der Waals surface area contributed by atoms with Gasteiger partial charge >= 0.3 is 6.03 Å². The Morgan fingerprint density at radius 1 is 1.11 bits per heavy atom. The van der Waals surface area contributed by atoms with Gasteiger partial charge in [-0.05, 0) is 30.6 Å². The first-order valence-corrected chi connectivity index (χ1v) is 6.89. The lowest BCUT2D eigenvalue weighted by Gasteiger charge is -2.27. The van der Waals surface area contributed by atoms with E-state index >= 15 is 0 Å². The van der Waals surface area contributed by atoms with Crippen LogP contribution in [-0.4, -0.2) is 42.0 Å². The van der Waals surface area contributed by atoms with Gasteiger partial charge in [0.05, 0.1) is 6.10 Å². The summed E-state index contributed by atoms with van der Waals surface area (Å²) in [7, 11) is 0. The highest BCUT2D eigenvalue weighted by Gasteiger charge is 2.22. The average molecular weight is 274 g/mol. The van der Waals surface area contributed by atoms with Gasteiger partial charge in [-0.1, -0.05) is 27.7 Å². The summed E-state index contributed by atoms with van der Waals surface area (Å²) in [5, 5.41) is 23.9. The number of nitrogens with one attached hydrogen (secondary N) is 2. The first-order chi connectivity index (χ1) is 8.58. The normalized spacial score (nSPS) is 14.1. The Balaban J connectivity index is 3.99. The lowest BCUT2D eigenvalue weighted by atomic mass is 9.87. The Morgan fingerprint density at radius 3 is 2.00 bits per heavy atom. The molecule has 0 aromatic carbocycles. The number of aliphatic hydroxyl groups excluding tert-OH is 2. The van der Waals surface area contributed by atoms with Crippen LogP contribution in [-0.2, 0) is 0 Å². The summed E-state index contributed by atoms with van der Waals surface area (Å²) in [6.45, 7) is 10.9. The Bertz CT molecular complexity index is 276. The molecule has 0 spiro atoms. The first-order valence-electron chi connectivity index (χ1n) is 6.89. The second-order valence-electron chi connectivity index (χ2n) is 6.89. The van der Waals surface area contributed by atoms with Crippen LogP contribution < -0.4 is 10.6 Å². The molecule has 4 N–H and O–H groups in total. The number of hydrogen-bond acceptors (Lipinski definition) is 3. The zero-order valence-electron chi connectivity index (χ0n) is 12.9. The van der Waals surface area contributed by atoms with Crippen molar-refractivity contribution in [1.82, 2.24) is 10.6 Å². The van der Waals surface area contributed by atoms with Crippen LogP contribution in [0.2, 0.25) is 0 Å². The number of carbonyl (C=O) groups excluding carboxylic acids is 1. The van der Waals surface area contributed by atoms with Crippen molar-refractivity contribution in [3.63, 3.8) is 0 Å². The molecule has 0 heterocycles. The van der Waals surface area contributed by atoms with Crippen molar-refractivity contribution in [3.05, 3.63) is 0 Å². The summed E-state index contributed by atoms with van der Waals surface area (Å²) in [4.78, 5) is 11.7. The number of urea groups is 1. The molecule has 5 heteroatoms. The van der Waals surface area contributed by atoms with Gasteiger partial charge in [-0.2, -0.15) is 0 Å². The molecule has 0 fully saturated rings. The van der Waals surface area contributed by atoms with E-state index in [-0.39, 0.29) is 29.6 Å². The predicted molar refractivity (Wildman–Crippen MR) is 77.0 cm³/mol. The molecule has 114 valence electrons. The van der Waals surface area contributed by atoms with Crippen molar-refractivity contribution in [3.8, 4) is 0 Å². The number of aliphatic hydroxyl groups is 2.